The van der Waals surface area contributed by atoms with Gasteiger partial charge in [-0.2, -0.15) is 0 Å². The molecule has 0 radical (unpaired) electrons. The van der Waals surface area contributed by atoms with Crippen LogP contribution in [0.4, 0.5) is 4.39 Å². The molecule has 1 aromatic rings. The quantitative estimate of drug-likeness (QED) is 0.833. The number of hydrogen-bond acceptors (Lipinski definition) is 3. The van der Waals surface area contributed by atoms with Gasteiger partial charge in [0.1, 0.15) is 11.6 Å². The maximum atomic E-state index is 13.4. The normalized spacial score (nSPS) is 12.6. The van der Waals surface area contributed by atoms with Crippen LogP contribution in [0.1, 0.15) is 11.7 Å². The highest BCUT2D eigenvalue weighted by Crippen LogP contribution is 2.33. The maximum absolute atomic E-state index is 13.4. The van der Waals surface area contributed by atoms with Gasteiger partial charge in [-0.25, -0.2) is 4.39 Å². The molecule has 0 amide bonds. The maximum Gasteiger partial charge on any atom is 0.138 e. The summed E-state index contributed by atoms with van der Waals surface area (Å²) in [5.74, 6) is -0.188. The van der Waals surface area contributed by atoms with Crippen molar-refractivity contribution in [3.8, 4) is 5.75 Å². The number of nitrogens with one attached hydrogen (secondary N) is 1. The van der Waals surface area contributed by atoms with Gasteiger partial charge in [0, 0.05) is 12.1 Å². The van der Waals surface area contributed by atoms with E-state index >= 15 is 0 Å². The van der Waals surface area contributed by atoms with Crippen LogP contribution >= 0.6 is 11.6 Å². The Hall–Kier alpha value is -0.840. The van der Waals surface area contributed by atoms with Crippen LogP contribution in [0.3, 0.4) is 0 Å². The summed E-state index contributed by atoms with van der Waals surface area (Å²) >= 11 is 5.89. The molecule has 15 heavy (non-hydrogen) atoms. The van der Waals surface area contributed by atoms with E-state index in [4.69, 9.17) is 16.3 Å². The van der Waals surface area contributed by atoms with Crippen molar-refractivity contribution in [1.82, 2.24) is 5.32 Å². The third kappa shape index (κ3) is 2.59. The predicted molar refractivity (Wildman–Crippen MR) is 56.8 cm³/mol. The Balaban J connectivity index is 3.14. The minimum atomic E-state index is -0.988. The molecule has 2 N–H and O–H groups in total. The number of likely N-dealkylation sites (N-methyl/N-ethyl adjacent to an activating group) is 1. The number of methoxy groups -OCH3 is 1. The summed E-state index contributed by atoms with van der Waals surface area (Å²) in [5.41, 5.74) is 0.0605. The van der Waals surface area contributed by atoms with Crippen molar-refractivity contribution in [1.29, 1.82) is 0 Å². The van der Waals surface area contributed by atoms with Crippen LogP contribution in [0.15, 0.2) is 12.1 Å². The van der Waals surface area contributed by atoms with Crippen LogP contribution in [0.5, 0.6) is 5.75 Å². The Kier molecular flexibility index (Phi) is 4.32. The number of ether oxygens (including phenoxy) is 1. The SMILES string of the molecule is CNCC(O)c1c(F)ccc(OC)c1Cl. The fourth-order valence-corrected chi connectivity index (χ4v) is 1.66. The molecular weight excluding hydrogens is 221 g/mol. The highest BCUT2D eigenvalue weighted by molar-refractivity contribution is 6.32. The molecular formula is C10H13ClFNO2. The summed E-state index contributed by atoms with van der Waals surface area (Å²) in [4.78, 5) is 0. The van der Waals surface area contributed by atoms with Gasteiger partial charge < -0.3 is 15.2 Å². The van der Waals surface area contributed by atoms with Crippen LogP contribution in [-0.2, 0) is 0 Å². The van der Waals surface area contributed by atoms with Crippen molar-refractivity contribution in [3.05, 3.63) is 28.5 Å². The minimum absolute atomic E-state index is 0.0605. The van der Waals surface area contributed by atoms with Crippen LogP contribution in [0.2, 0.25) is 5.02 Å². The molecule has 0 aliphatic rings. The number of aliphatic hydroxyl groups excluding tert-OH is 1. The topological polar surface area (TPSA) is 41.5 Å². The van der Waals surface area contributed by atoms with Crippen LogP contribution in [0, 0.1) is 5.82 Å². The number of aliphatic hydroxyl groups is 1. The highest BCUT2D eigenvalue weighted by atomic mass is 35.5. The van der Waals surface area contributed by atoms with E-state index in [1.165, 1.54) is 19.2 Å². The molecule has 1 aromatic carbocycles. The molecule has 84 valence electrons. The number of benzene rings is 1. The molecule has 1 unspecified atom stereocenters. The molecule has 0 spiro atoms. The van der Waals surface area contributed by atoms with E-state index in [0.717, 1.165) is 0 Å². The van der Waals surface area contributed by atoms with E-state index in [1.807, 2.05) is 0 Å². The minimum Gasteiger partial charge on any atom is -0.495 e. The van der Waals surface area contributed by atoms with E-state index in [0.29, 0.717) is 5.75 Å². The lowest BCUT2D eigenvalue weighted by atomic mass is 10.1. The Labute approximate surface area is 92.8 Å². The first-order chi connectivity index (χ1) is 7.11. The van der Waals surface area contributed by atoms with Gasteiger partial charge >= 0.3 is 0 Å². The summed E-state index contributed by atoms with van der Waals surface area (Å²) in [7, 11) is 3.10. The smallest absolute Gasteiger partial charge is 0.138 e. The first kappa shape index (κ1) is 12.2. The average Bonchev–Trinajstić information content (AvgIpc) is 2.18. The Morgan fingerprint density at radius 2 is 2.27 bits per heavy atom. The zero-order valence-corrected chi connectivity index (χ0v) is 9.31. The lowest BCUT2D eigenvalue weighted by molar-refractivity contribution is 0.172. The summed E-state index contributed by atoms with van der Waals surface area (Å²) in [6.45, 7) is 0.226. The van der Waals surface area contributed by atoms with Crippen LogP contribution < -0.4 is 10.1 Å². The number of rotatable bonds is 4. The molecule has 0 bridgehead atoms. The van der Waals surface area contributed by atoms with Gasteiger partial charge in [-0.1, -0.05) is 11.6 Å². The Morgan fingerprint density at radius 3 is 2.80 bits per heavy atom. The monoisotopic (exact) mass is 233 g/mol. The Bertz CT molecular complexity index is 346. The van der Waals surface area contributed by atoms with E-state index in [2.05, 4.69) is 5.32 Å². The molecule has 0 aliphatic carbocycles. The van der Waals surface area contributed by atoms with E-state index in [9.17, 15) is 9.50 Å². The fourth-order valence-electron chi connectivity index (χ4n) is 1.31. The van der Waals surface area contributed by atoms with E-state index in [-0.39, 0.29) is 17.1 Å². The lowest BCUT2D eigenvalue weighted by Gasteiger charge is -2.15. The first-order valence-electron chi connectivity index (χ1n) is 4.46. The van der Waals surface area contributed by atoms with Gasteiger partial charge in [-0.3, -0.25) is 0 Å². The van der Waals surface area contributed by atoms with Crippen molar-refractivity contribution in [2.45, 2.75) is 6.10 Å². The zero-order valence-electron chi connectivity index (χ0n) is 8.55. The van der Waals surface area contributed by atoms with Gasteiger partial charge in [0.2, 0.25) is 0 Å². The van der Waals surface area contributed by atoms with Crippen molar-refractivity contribution in [2.24, 2.45) is 0 Å². The molecule has 0 saturated carbocycles. The lowest BCUT2D eigenvalue weighted by Crippen LogP contribution is -2.18. The molecule has 0 heterocycles. The van der Waals surface area contributed by atoms with Crippen LogP contribution in [-0.4, -0.2) is 25.8 Å². The second kappa shape index (κ2) is 5.30. The molecule has 5 heteroatoms. The van der Waals surface area contributed by atoms with Gasteiger partial charge in [0.25, 0.3) is 0 Å². The first-order valence-corrected chi connectivity index (χ1v) is 4.84. The molecule has 0 saturated heterocycles. The molecule has 0 aromatic heterocycles. The highest BCUT2D eigenvalue weighted by Gasteiger charge is 2.19. The zero-order chi connectivity index (χ0) is 11.4. The standard InChI is InChI=1S/C10H13ClFNO2/c1-13-5-7(14)9-6(12)3-4-8(15-2)10(9)11/h3-4,7,13-14H,5H2,1-2H3. The van der Waals surface area contributed by atoms with Gasteiger partial charge in [0.05, 0.1) is 18.2 Å². The fraction of sp³-hybridized carbons (Fsp3) is 0.400. The third-order valence-corrected chi connectivity index (χ3v) is 2.43. The second-order valence-electron chi connectivity index (χ2n) is 3.05. The average molecular weight is 234 g/mol. The largest absolute Gasteiger partial charge is 0.495 e. The molecule has 0 aliphatic heterocycles. The number of halogens is 2. The van der Waals surface area contributed by atoms with Gasteiger partial charge in [0.15, 0.2) is 0 Å². The van der Waals surface area contributed by atoms with Crippen molar-refractivity contribution in [3.63, 3.8) is 0 Å². The molecule has 1 atom stereocenters. The van der Waals surface area contributed by atoms with Crippen molar-refractivity contribution in [2.75, 3.05) is 20.7 Å². The Morgan fingerprint density at radius 1 is 1.60 bits per heavy atom. The molecule has 0 fully saturated rings. The molecule has 1 rings (SSSR count). The van der Waals surface area contributed by atoms with Gasteiger partial charge in [-0.05, 0) is 19.2 Å². The number of hydrogen-bond donors (Lipinski definition) is 2. The van der Waals surface area contributed by atoms with E-state index in [1.54, 1.807) is 7.05 Å². The summed E-state index contributed by atoms with van der Waals surface area (Å²) in [6.07, 6.45) is -0.988. The summed E-state index contributed by atoms with van der Waals surface area (Å²) in [5, 5.41) is 12.5. The van der Waals surface area contributed by atoms with Gasteiger partial charge in [-0.15, -0.1) is 0 Å². The van der Waals surface area contributed by atoms with Crippen LogP contribution in [0.25, 0.3) is 0 Å². The van der Waals surface area contributed by atoms with E-state index < -0.39 is 11.9 Å². The second-order valence-corrected chi connectivity index (χ2v) is 3.43. The summed E-state index contributed by atoms with van der Waals surface area (Å²) < 4.78 is 18.4. The summed E-state index contributed by atoms with van der Waals surface area (Å²) in [6, 6.07) is 2.65. The van der Waals surface area contributed by atoms with Crippen molar-refractivity contribution < 1.29 is 14.2 Å². The predicted octanol–water partition coefficient (Wildman–Crippen LogP) is 1.74. The van der Waals surface area contributed by atoms with Crippen molar-refractivity contribution >= 4 is 11.6 Å². The molecule has 3 nitrogen and oxygen atoms in total. The third-order valence-electron chi connectivity index (χ3n) is 2.04.